The van der Waals surface area contributed by atoms with E-state index in [1.165, 1.54) is 0 Å². The Morgan fingerprint density at radius 3 is 2.92 bits per heavy atom. The van der Waals surface area contributed by atoms with Gasteiger partial charge in [0.1, 0.15) is 11.6 Å². The van der Waals surface area contributed by atoms with Gasteiger partial charge in [0.05, 0.1) is 11.8 Å². The van der Waals surface area contributed by atoms with E-state index in [1.807, 2.05) is 13.0 Å². The van der Waals surface area contributed by atoms with Gasteiger partial charge in [0.15, 0.2) is 0 Å². The number of rotatable bonds is 3. The van der Waals surface area contributed by atoms with Crippen LogP contribution in [0.4, 0.5) is 0 Å². The third kappa shape index (κ3) is 1.87. The van der Waals surface area contributed by atoms with Gasteiger partial charge in [-0.1, -0.05) is 6.92 Å². The molecule has 0 radical (unpaired) electrons. The predicted molar refractivity (Wildman–Crippen MR) is 49.3 cm³/mol. The van der Waals surface area contributed by atoms with Crippen molar-refractivity contribution in [1.82, 2.24) is 0 Å². The summed E-state index contributed by atoms with van der Waals surface area (Å²) in [5.41, 5.74) is 6.62. The van der Waals surface area contributed by atoms with E-state index in [-0.39, 0.29) is 0 Å². The summed E-state index contributed by atoms with van der Waals surface area (Å²) < 4.78 is 5.10. The first-order chi connectivity index (χ1) is 5.75. The Bertz CT molecular complexity index is 276. The van der Waals surface area contributed by atoms with Crippen LogP contribution < -0.4 is 5.73 Å². The predicted octanol–water partition coefficient (Wildman–Crippen LogP) is 1.70. The van der Waals surface area contributed by atoms with Crippen LogP contribution in [0, 0.1) is 6.92 Å². The maximum atomic E-state index is 5.72. The first-order valence-corrected chi connectivity index (χ1v) is 4.10. The Labute approximate surface area is 72.3 Å². The van der Waals surface area contributed by atoms with Gasteiger partial charge < -0.3 is 10.2 Å². The second kappa shape index (κ2) is 3.95. The van der Waals surface area contributed by atoms with E-state index >= 15 is 0 Å². The summed E-state index contributed by atoms with van der Waals surface area (Å²) in [6, 6.07) is 1.84. The highest BCUT2D eigenvalue weighted by Gasteiger charge is 2.03. The lowest BCUT2D eigenvalue weighted by Gasteiger charge is -1.96. The molecule has 66 valence electrons. The summed E-state index contributed by atoms with van der Waals surface area (Å²) in [6.07, 6.45) is 2.64. The van der Waals surface area contributed by atoms with Crippen molar-refractivity contribution in [1.29, 1.82) is 0 Å². The van der Waals surface area contributed by atoms with Crippen molar-refractivity contribution < 1.29 is 4.42 Å². The van der Waals surface area contributed by atoms with E-state index in [1.54, 1.807) is 6.26 Å². The van der Waals surface area contributed by atoms with E-state index in [0.29, 0.717) is 5.84 Å². The Balaban J connectivity index is 2.77. The second-order valence-electron chi connectivity index (χ2n) is 2.66. The highest BCUT2D eigenvalue weighted by Crippen LogP contribution is 2.07. The van der Waals surface area contributed by atoms with Crippen molar-refractivity contribution in [3.8, 4) is 0 Å². The van der Waals surface area contributed by atoms with Gasteiger partial charge in [0, 0.05) is 6.54 Å². The first kappa shape index (κ1) is 8.84. The van der Waals surface area contributed by atoms with Gasteiger partial charge in [0.25, 0.3) is 0 Å². The molecule has 0 aliphatic heterocycles. The maximum Gasteiger partial charge on any atom is 0.129 e. The van der Waals surface area contributed by atoms with Crippen LogP contribution in [0.3, 0.4) is 0 Å². The molecule has 12 heavy (non-hydrogen) atoms. The number of aliphatic imine (C=N–C) groups is 1. The molecule has 1 aromatic rings. The average molecular weight is 166 g/mol. The third-order valence-electron chi connectivity index (χ3n) is 1.64. The van der Waals surface area contributed by atoms with E-state index in [9.17, 15) is 0 Å². The van der Waals surface area contributed by atoms with Crippen molar-refractivity contribution in [3.63, 3.8) is 0 Å². The van der Waals surface area contributed by atoms with Gasteiger partial charge in [-0.25, -0.2) is 0 Å². The fourth-order valence-corrected chi connectivity index (χ4v) is 0.968. The molecule has 1 rings (SSSR count). The average Bonchev–Trinajstić information content (AvgIpc) is 2.47. The molecule has 2 N–H and O–H groups in total. The number of hydrogen-bond donors (Lipinski definition) is 1. The molecule has 0 saturated heterocycles. The zero-order valence-electron chi connectivity index (χ0n) is 7.50. The van der Waals surface area contributed by atoms with E-state index in [0.717, 1.165) is 24.3 Å². The summed E-state index contributed by atoms with van der Waals surface area (Å²) in [4.78, 5) is 4.18. The van der Waals surface area contributed by atoms with E-state index < -0.39 is 0 Å². The van der Waals surface area contributed by atoms with Gasteiger partial charge in [-0.2, -0.15) is 0 Å². The minimum Gasteiger partial charge on any atom is -0.469 e. The highest BCUT2D eigenvalue weighted by molar-refractivity contribution is 5.98. The van der Waals surface area contributed by atoms with Crippen molar-refractivity contribution in [2.24, 2.45) is 10.7 Å². The summed E-state index contributed by atoms with van der Waals surface area (Å²) >= 11 is 0. The van der Waals surface area contributed by atoms with Crippen molar-refractivity contribution in [2.75, 3.05) is 6.54 Å². The molecule has 0 atom stereocenters. The smallest absolute Gasteiger partial charge is 0.129 e. The maximum absolute atomic E-state index is 5.72. The molecule has 0 bridgehead atoms. The molecule has 3 heteroatoms. The van der Waals surface area contributed by atoms with Gasteiger partial charge in [-0.15, -0.1) is 0 Å². The number of amidine groups is 1. The van der Waals surface area contributed by atoms with Crippen LogP contribution >= 0.6 is 0 Å². The zero-order chi connectivity index (χ0) is 8.97. The molecular weight excluding hydrogens is 152 g/mol. The lowest BCUT2D eigenvalue weighted by molar-refractivity contribution is 0.533. The Morgan fingerprint density at radius 2 is 2.42 bits per heavy atom. The summed E-state index contributed by atoms with van der Waals surface area (Å²) in [5, 5.41) is 0. The minimum atomic E-state index is 0.572. The lowest BCUT2D eigenvalue weighted by atomic mass is 10.2. The summed E-state index contributed by atoms with van der Waals surface area (Å²) in [6.45, 7) is 4.72. The van der Waals surface area contributed by atoms with E-state index in [2.05, 4.69) is 11.9 Å². The van der Waals surface area contributed by atoms with Gasteiger partial charge in [-0.05, 0) is 19.4 Å². The third-order valence-corrected chi connectivity index (χ3v) is 1.64. The SMILES string of the molecule is CCCN=C(N)c1ccoc1C. The number of hydrogen-bond acceptors (Lipinski definition) is 2. The molecule has 0 unspecified atom stereocenters. The lowest BCUT2D eigenvalue weighted by Crippen LogP contribution is -2.14. The summed E-state index contributed by atoms with van der Waals surface area (Å²) in [7, 11) is 0. The second-order valence-corrected chi connectivity index (χ2v) is 2.66. The van der Waals surface area contributed by atoms with Crippen LogP contribution in [0.5, 0.6) is 0 Å². The standard InChI is InChI=1S/C9H14N2O/c1-3-5-11-9(10)8-4-6-12-7(8)2/h4,6H,3,5H2,1-2H3,(H2,10,11). The number of nitrogens with zero attached hydrogens (tertiary/aromatic N) is 1. The molecule has 3 nitrogen and oxygen atoms in total. The highest BCUT2D eigenvalue weighted by atomic mass is 16.3. The molecule has 0 aliphatic carbocycles. The summed E-state index contributed by atoms with van der Waals surface area (Å²) in [5.74, 6) is 1.40. The molecule has 0 amide bonds. The molecule has 1 aromatic heterocycles. The molecule has 0 aliphatic rings. The first-order valence-electron chi connectivity index (χ1n) is 4.10. The Hall–Kier alpha value is -1.25. The van der Waals surface area contributed by atoms with Crippen LogP contribution in [0.15, 0.2) is 21.7 Å². The quantitative estimate of drug-likeness (QED) is 0.549. The monoisotopic (exact) mass is 166 g/mol. The van der Waals surface area contributed by atoms with Gasteiger partial charge >= 0.3 is 0 Å². The van der Waals surface area contributed by atoms with Gasteiger partial charge in [-0.3, -0.25) is 4.99 Å². The largest absolute Gasteiger partial charge is 0.469 e. The number of furan rings is 1. The molecule has 0 saturated carbocycles. The van der Waals surface area contributed by atoms with E-state index in [4.69, 9.17) is 10.2 Å². The Morgan fingerprint density at radius 1 is 1.67 bits per heavy atom. The molecule has 1 heterocycles. The molecular formula is C9H14N2O. The van der Waals surface area contributed by atoms with Crippen molar-refractivity contribution in [2.45, 2.75) is 20.3 Å². The molecule has 0 spiro atoms. The zero-order valence-corrected chi connectivity index (χ0v) is 7.50. The van der Waals surface area contributed by atoms with Crippen molar-refractivity contribution in [3.05, 3.63) is 23.7 Å². The van der Waals surface area contributed by atoms with Crippen LogP contribution in [-0.4, -0.2) is 12.4 Å². The normalized spacial score (nSPS) is 12.0. The van der Waals surface area contributed by atoms with Crippen LogP contribution in [0.1, 0.15) is 24.7 Å². The fourth-order valence-electron chi connectivity index (χ4n) is 0.968. The topological polar surface area (TPSA) is 51.5 Å². The van der Waals surface area contributed by atoms with Crippen molar-refractivity contribution >= 4 is 5.84 Å². The molecule has 0 fully saturated rings. The number of aryl methyl sites for hydroxylation is 1. The Kier molecular flexibility index (Phi) is 2.91. The minimum absolute atomic E-state index is 0.572. The number of nitrogens with two attached hydrogens (primary N) is 1. The van der Waals surface area contributed by atoms with Gasteiger partial charge in [0.2, 0.25) is 0 Å². The van der Waals surface area contributed by atoms with Crippen LogP contribution in [-0.2, 0) is 0 Å². The van der Waals surface area contributed by atoms with Crippen LogP contribution in [0.2, 0.25) is 0 Å². The molecule has 0 aromatic carbocycles. The fraction of sp³-hybridized carbons (Fsp3) is 0.444. The van der Waals surface area contributed by atoms with Crippen LogP contribution in [0.25, 0.3) is 0 Å².